The summed E-state index contributed by atoms with van der Waals surface area (Å²) in [4.78, 5) is 25.4. The van der Waals surface area contributed by atoms with Crippen molar-refractivity contribution in [3.05, 3.63) is 200 Å². The van der Waals surface area contributed by atoms with Crippen LogP contribution in [0.5, 0.6) is 0 Å². The third-order valence-corrected chi connectivity index (χ3v) is 10.6. The van der Waals surface area contributed by atoms with Crippen molar-refractivity contribution in [1.29, 1.82) is 0 Å². The van der Waals surface area contributed by atoms with Gasteiger partial charge in [-0.25, -0.2) is 24.9 Å². The van der Waals surface area contributed by atoms with Crippen LogP contribution < -0.4 is 0 Å². The largest absolute Gasteiger partial charge is 0.436 e. The van der Waals surface area contributed by atoms with Crippen LogP contribution in [-0.2, 0) is 0 Å². The van der Waals surface area contributed by atoms with Gasteiger partial charge in [-0.1, -0.05) is 140 Å². The van der Waals surface area contributed by atoms with Gasteiger partial charge in [-0.15, -0.1) is 0 Å². The van der Waals surface area contributed by atoms with E-state index < -0.39 is 0 Å². The lowest BCUT2D eigenvalue weighted by Crippen LogP contribution is -2.01. The van der Waals surface area contributed by atoms with Gasteiger partial charge in [0.05, 0.1) is 0 Å². The number of oxazole rings is 2. The maximum atomic E-state index is 6.32. The van der Waals surface area contributed by atoms with Gasteiger partial charge in [-0.2, -0.15) is 0 Å². The number of fused-ring (bicyclic) bond motifs is 2. The predicted molar refractivity (Wildman–Crippen MR) is 238 cm³/mol. The number of benzene rings is 8. The van der Waals surface area contributed by atoms with Gasteiger partial charge in [0, 0.05) is 27.8 Å². The molecule has 7 nitrogen and oxygen atoms in total. The molecule has 60 heavy (non-hydrogen) atoms. The van der Waals surface area contributed by atoms with E-state index in [9.17, 15) is 0 Å². The van der Waals surface area contributed by atoms with Gasteiger partial charge in [0.15, 0.2) is 28.6 Å². The first-order chi connectivity index (χ1) is 29.7. The van der Waals surface area contributed by atoms with Crippen LogP contribution >= 0.6 is 0 Å². The lowest BCUT2D eigenvalue weighted by Gasteiger charge is -2.13. The average Bonchev–Trinajstić information content (AvgIpc) is 3.98. The van der Waals surface area contributed by atoms with E-state index >= 15 is 0 Å². The van der Waals surface area contributed by atoms with Crippen molar-refractivity contribution in [1.82, 2.24) is 24.9 Å². The first-order valence-electron chi connectivity index (χ1n) is 19.7. The highest BCUT2D eigenvalue weighted by Crippen LogP contribution is 2.37. The van der Waals surface area contributed by atoms with E-state index in [1.165, 1.54) is 0 Å². The van der Waals surface area contributed by atoms with Crippen LogP contribution in [0, 0.1) is 0 Å². The third-order valence-electron chi connectivity index (χ3n) is 10.6. The number of hydrogen-bond donors (Lipinski definition) is 0. The van der Waals surface area contributed by atoms with Crippen LogP contribution in [0.15, 0.2) is 209 Å². The van der Waals surface area contributed by atoms with Gasteiger partial charge >= 0.3 is 0 Å². The average molecular weight is 772 g/mol. The lowest BCUT2D eigenvalue weighted by molar-refractivity contribution is 0.617. The summed E-state index contributed by atoms with van der Waals surface area (Å²) >= 11 is 0. The lowest BCUT2D eigenvalue weighted by atomic mass is 9.96. The fraction of sp³-hybridized carbons (Fsp3) is 0. The number of rotatable bonds is 8. The Morgan fingerprint density at radius 1 is 0.233 bits per heavy atom. The van der Waals surface area contributed by atoms with E-state index in [-0.39, 0.29) is 0 Å². The second kappa shape index (κ2) is 14.9. The van der Waals surface area contributed by atoms with E-state index in [1.54, 1.807) is 0 Å². The highest BCUT2D eigenvalue weighted by atomic mass is 16.4. The molecule has 0 spiro atoms. The summed E-state index contributed by atoms with van der Waals surface area (Å²) in [6, 6.07) is 67.5. The molecule has 0 aliphatic carbocycles. The molecule has 0 fully saturated rings. The highest BCUT2D eigenvalue weighted by molar-refractivity contribution is 5.84. The molecule has 0 saturated carbocycles. The molecule has 0 N–H and O–H groups in total. The van der Waals surface area contributed by atoms with Crippen molar-refractivity contribution in [3.8, 4) is 90.5 Å². The molecule has 11 aromatic rings. The van der Waals surface area contributed by atoms with Crippen molar-refractivity contribution in [3.63, 3.8) is 0 Å². The van der Waals surface area contributed by atoms with E-state index in [0.717, 1.165) is 72.2 Å². The molecular weight excluding hydrogens is 739 g/mol. The fourth-order valence-electron chi connectivity index (χ4n) is 7.55. The predicted octanol–water partition coefficient (Wildman–Crippen LogP) is 13.5. The van der Waals surface area contributed by atoms with Crippen molar-refractivity contribution in [2.45, 2.75) is 0 Å². The van der Waals surface area contributed by atoms with Gasteiger partial charge in [0.25, 0.3) is 0 Å². The Hall–Kier alpha value is -8.29. The SMILES string of the molecule is c1ccc(-c2ccc(-c3nc(-c4cc(-c5ccccc5)cc(-c5ccccc5)c4)nc(-c4cc(-c5nc6ccccc6o5)cc(-c5nc6ccccc6o5)c4)n3)cc2)cc1. The van der Waals surface area contributed by atoms with Crippen molar-refractivity contribution in [2.75, 3.05) is 0 Å². The molecule has 282 valence electrons. The normalized spacial score (nSPS) is 11.3. The maximum Gasteiger partial charge on any atom is 0.227 e. The topological polar surface area (TPSA) is 90.7 Å². The van der Waals surface area contributed by atoms with Crippen molar-refractivity contribution in [2.24, 2.45) is 0 Å². The molecule has 0 aliphatic rings. The summed E-state index contributed by atoms with van der Waals surface area (Å²) in [5, 5.41) is 0. The summed E-state index contributed by atoms with van der Waals surface area (Å²) in [5.74, 6) is 2.47. The first kappa shape index (κ1) is 34.9. The van der Waals surface area contributed by atoms with Crippen LogP contribution in [0.3, 0.4) is 0 Å². The van der Waals surface area contributed by atoms with Gasteiger partial charge in [-0.05, 0) is 94.0 Å². The number of nitrogens with zero attached hydrogens (tertiary/aromatic N) is 5. The number of hydrogen-bond acceptors (Lipinski definition) is 7. The van der Waals surface area contributed by atoms with Gasteiger partial charge in [-0.3, -0.25) is 0 Å². The van der Waals surface area contributed by atoms with Crippen LogP contribution in [0.25, 0.3) is 113 Å². The Bertz CT molecular complexity index is 3090. The van der Waals surface area contributed by atoms with E-state index in [0.29, 0.717) is 40.4 Å². The number of aromatic nitrogens is 5. The Kier molecular flexibility index (Phi) is 8.67. The minimum absolute atomic E-state index is 0.462. The first-order valence-corrected chi connectivity index (χ1v) is 19.7. The van der Waals surface area contributed by atoms with Crippen LogP contribution in [-0.4, -0.2) is 24.9 Å². The molecule has 3 aromatic heterocycles. The molecule has 7 heteroatoms. The molecule has 11 rings (SSSR count). The van der Waals surface area contributed by atoms with E-state index in [2.05, 4.69) is 103 Å². The summed E-state index contributed by atoms with van der Waals surface area (Å²) in [5.41, 5.74) is 13.3. The monoisotopic (exact) mass is 771 g/mol. The molecule has 0 unspecified atom stereocenters. The quantitative estimate of drug-likeness (QED) is 0.152. The third kappa shape index (κ3) is 6.80. The molecule has 3 heterocycles. The van der Waals surface area contributed by atoms with Crippen molar-refractivity contribution >= 4 is 22.2 Å². The smallest absolute Gasteiger partial charge is 0.227 e. The van der Waals surface area contributed by atoms with E-state index in [1.807, 2.05) is 97.1 Å². The molecular formula is C53H33N5O2. The molecule has 0 bridgehead atoms. The summed E-state index contributed by atoms with van der Waals surface area (Å²) in [6.45, 7) is 0. The zero-order chi connectivity index (χ0) is 39.8. The molecule has 0 atom stereocenters. The molecule has 0 saturated heterocycles. The molecule has 0 radical (unpaired) electrons. The highest BCUT2D eigenvalue weighted by Gasteiger charge is 2.20. The van der Waals surface area contributed by atoms with Gasteiger partial charge < -0.3 is 8.83 Å². The standard InChI is InChI=1S/C53H33N5O2/c1-4-14-34(15-5-1)37-24-26-38(27-25-37)49-56-50(41-29-39(35-16-6-2-7-17-35)28-40(30-41)36-18-8-3-9-19-36)58-51(57-49)42-31-43(52-54-45-20-10-12-22-47(45)59-52)33-44(32-42)53-55-46-21-11-13-23-48(46)60-53/h1-33H. The molecule has 0 aliphatic heterocycles. The van der Waals surface area contributed by atoms with Crippen LogP contribution in [0.4, 0.5) is 0 Å². The second-order valence-electron chi connectivity index (χ2n) is 14.6. The summed E-state index contributed by atoms with van der Waals surface area (Å²) < 4.78 is 12.6. The summed E-state index contributed by atoms with van der Waals surface area (Å²) in [6.07, 6.45) is 0. The van der Waals surface area contributed by atoms with E-state index in [4.69, 9.17) is 33.8 Å². The maximum absolute atomic E-state index is 6.32. The Labute approximate surface area is 345 Å². The Morgan fingerprint density at radius 2 is 0.550 bits per heavy atom. The fourth-order valence-corrected chi connectivity index (χ4v) is 7.55. The Balaban J connectivity index is 1.13. The zero-order valence-electron chi connectivity index (χ0n) is 32.1. The molecule has 8 aromatic carbocycles. The molecule has 0 amide bonds. The summed E-state index contributed by atoms with van der Waals surface area (Å²) in [7, 11) is 0. The zero-order valence-corrected chi connectivity index (χ0v) is 32.1. The number of para-hydroxylation sites is 4. The second-order valence-corrected chi connectivity index (χ2v) is 14.6. The van der Waals surface area contributed by atoms with Gasteiger partial charge in [0.2, 0.25) is 11.8 Å². The van der Waals surface area contributed by atoms with Crippen LogP contribution in [0.1, 0.15) is 0 Å². The van der Waals surface area contributed by atoms with Crippen LogP contribution in [0.2, 0.25) is 0 Å². The Morgan fingerprint density at radius 3 is 1.00 bits per heavy atom. The minimum atomic E-state index is 0.462. The van der Waals surface area contributed by atoms with Crippen molar-refractivity contribution < 1.29 is 8.83 Å². The minimum Gasteiger partial charge on any atom is -0.436 e. The van der Waals surface area contributed by atoms with Gasteiger partial charge in [0.1, 0.15) is 11.0 Å².